The van der Waals surface area contributed by atoms with E-state index < -0.39 is 0 Å². The molecular formula is C17H19Br3. The predicted octanol–water partition coefficient (Wildman–Crippen LogP) is 6.72. The van der Waals surface area contributed by atoms with Gasteiger partial charge in [-0.15, -0.1) is 0 Å². The van der Waals surface area contributed by atoms with Crippen molar-refractivity contribution in [3.8, 4) is 0 Å². The lowest BCUT2D eigenvalue weighted by Gasteiger charge is -2.55. The quantitative estimate of drug-likeness (QED) is 0.428. The van der Waals surface area contributed by atoms with Crippen LogP contribution in [-0.4, -0.2) is 0 Å². The van der Waals surface area contributed by atoms with E-state index >= 15 is 0 Å². The van der Waals surface area contributed by atoms with Crippen molar-refractivity contribution < 1.29 is 0 Å². The highest BCUT2D eigenvalue weighted by Gasteiger charge is 2.50. The third-order valence-electron chi connectivity index (χ3n) is 5.89. The first-order valence-electron chi connectivity index (χ1n) is 7.71. The summed E-state index contributed by atoms with van der Waals surface area (Å²) in [5, 5.41) is 0. The van der Waals surface area contributed by atoms with Gasteiger partial charge in [-0.25, -0.2) is 0 Å². The lowest BCUT2D eigenvalue weighted by molar-refractivity contribution is -0.0365. The molecule has 0 saturated heterocycles. The number of benzene rings is 1. The molecule has 0 spiro atoms. The molecule has 4 aliphatic carbocycles. The maximum absolute atomic E-state index is 4.07. The molecule has 4 saturated carbocycles. The van der Waals surface area contributed by atoms with Crippen molar-refractivity contribution in [2.45, 2.75) is 36.9 Å². The Hall–Kier alpha value is 0.660. The number of hydrogen-bond acceptors (Lipinski definition) is 0. The Bertz CT molecular complexity index is 497. The standard InChI is InChI=1S/C17H19Br3/c18-13-1-2-15(19)14(8-13)17(20)16-11-4-9-3-10(6-11)7-12(16)5-9/h1-2,8-12,16-17H,3-7H2. The van der Waals surface area contributed by atoms with Crippen LogP contribution in [0.2, 0.25) is 0 Å². The second kappa shape index (κ2) is 5.38. The molecule has 4 aliphatic rings. The summed E-state index contributed by atoms with van der Waals surface area (Å²) in [6.07, 6.45) is 7.50. The molecule has 0 aliphatic heterocycles. The van der Waals surface area contributed by atoms with Crippen LogP contribution >= 0.6 is 47.8 Å². The Balaban J connectivity index is 1.65. The molecule has 0 amide bonds. The van der Waals surface area contributed by atoms with Crippen LogP contribution in [0.5, 0.6) is 0 Å². The molecule has 0 heterocycles. The van der Waals surface area contributed by atoms with Crippen LogP contribution in [-0.2, 0) is 0 Å². The fourth-order valence-corrected chi connectivity index (χ4v) is 7.80. The normalized spacial score (nSPS) is 40.0. The van der Waals surface area contributed by atoms with Crippen LogP contribution < -0.4 is 0 Å². The minimum Gasteiger partial charge on any atom is -0.0835 e. The highest BCUT2D eigenvalue weighted by Crippen LogP contribution is 2.61. The largest absolute Gasteiger partial charge is 0.0835 e. The van der Waals surface area contributed by atoms with Gasteiger partial charge in [0.1, 0.15) is 0 Å². The maximum atomic E-state index is 4.07. The molecule has 0 aromatic heterocycles. The molecule has 0 radical (unpaired) electrons. The second-order valence-electron chi connectivity index (χ2n) is 7.08. The Morgan fingerprint density at radius 2 is 1.50 bits per heavy atom. The van der Waals surface area contributed by atoms with Crippen LogP contribution in [0.3, 0.4) is 0 Å². The van der Waals surface area contributed by atoms with Gasteiger partial charge in [-0.05, 0) is 85.5 Å². The zero-order chi connectivity index (χ0) is 13.9. The van der Waals surface area contributed by atoms with Gasteiger partial charge in [0.25, 0.3) is 0 Å². The van der Waals surface area contributed by atoms with Gasteiger partial charge in [0.2, 0.25) is 0 Å². The first-order chi connectivity index (χ1) is 9.61. The third-order valence-corrected chi connectivity index (χ3v) is 8.21. The van der Waals surface area contributed by atoms with Crippen molar-refractivity contribution >= 4 is 47.8 Å². The average molecular weight is 463 g/mol. The molecule has 1 unspecified atom stereocenters. The van der Waals surface area contributed by atoms with Gasteiger partial charge >= 0.3 is 0 Å². The monoisotopic (exact) mass is 460 g/mol. The second-order valence-corrected chi connectivity index (χ2v) is 9.83. The van der Waals surface area contributed by atoms with E-state index in [0.717, 1.165) is 29.6 Å². The van der Waals surface area contributed by atoms with Gasteiger partial charge in [0.15, 0.2) is 0 Å². The molecule has 0 nitrogen and oxygen atoms in total. The Morgan fingerprint density at radius 1 is 0.900 bits per heavy atom. The first kappa shape index (κ1) is 14.3. The maximum Gasteiger partial charge on any atom is 0.0440 e. The molecule has 5 rings (SSSR count). The SMILES string of the molecule is Brc1ccc(Br)c(C(Br)C2C3CC4CC(C3)CC2C4)c1. The minimum atomic E-state index is 0.504. The lowest BCUT2D eigenvalue weighted by atomic mass is 9.51. The summed E-state index contributed by atoms with van der Waals surface area (Å²) in [4.78, 5) is 0.504. The topological polar surface area (TPSA) is 0 Å². The first-order valence-corrected chi connectivity index (χ1v) is 10.2. The van der Waals surface area contributed by atoms with E-state index in [9.17, 15) is 0 Å². The summed E-state index contributed by atoms with van der Waals surface area (Å²) in [6.45, 7) is 0. The molecule has 0 N–H and O–H groups in total. The summed E-state index contributed by atoms with van der Waals surface area (Å²) in [6, 6.07) is 6.57. The summed E-state index contributed by atoms with van der Waals surface area (Å²) in [5.74, 6) is 4.87. The minimum absolute atomic E-state index is 0.504. The van der Waals surface area contributed by atoms with Gasteiger partial charge in [-0.2, -0.15) is 0 Å². The van der Waals surface area contributed by atoms with E-state index in [1.165, 1.54) is 46.6 Å². The van der Waals surface area contributed by atoms with E-state index in [1.54, 1.807) is 0 Å². The van der Waals surface area contributed by atoms with E-state index in [-0.39, 0.29) is 0 Å². The number of rotatable bonds is 2. The predicted molar refractivity (Wildman–Crippen MR) is 94.0 cm³/mol. The molecule has 1 aromatic carbocycles. The van der Waals surface area contributed by atoms with Gasteiger partial charge in [-0.3, -0.25) is 0 Å². The number of hydrogen-bond donors (Lipinski definition) is 0. The Labute approximate surface area is 146 Å². The molecule has 20 heavy (non-hydrogen) atoms. The fraction of sp³-hybridized carbons (Fsp3) is 0.647. The highest BCUT2D eigenvalue weighted by atomic mass is 79.9. The van der Waals surface area contributed by atoms with Crippen LogP contribution in [0.15, 0.2) is 27.1 Å². The fourth-order valence-electron chi connectivity index (χ4n) is 5.38. The van der Waals surface area contributed by atoms with Crippen LogP contribution in [0.25, 0.3) is 0 Å². The number of halogens is 3. The van der Waals surface area contributed by atoms with E-state index in [4.69, 9.17) is 0 Å². The molecule has 4 bridgehead atoms. The van der Waals surface area contributed by atoms with Gasteiger partial charge in [0, 0.05) is 13.8 Å². The molecular weight excluding hydrogens is 444 g/mol. The summed E-state index contributed by atoms with van der Waals surface area (Å²) in [7, 11) is 0. The van der Waals surface area contributed by atoms with Gasteiger partial charge < -0.3 is 0 Å². The average Bonchev–Trinajstić information content (AvgIpc) is 2.40. The summed E-state index contributed by atoms with van der Waals surface area (Å²) >= 11 is 11.4. The van der Waals surface area contributed by atoms with Crippen LogP contribution in [0.4, 0.5) is 0 Å². The van der Waals surface area contributed by atoms with Crippen LogP contribution in [0, 0.1) is 29.6 Å². The van der Waals surface area contributed by atoms with E-state index in [2.05, 4.69) is 66.0 Å². The Morgan fingerprint density at radius 3 is 2.10 bits per heavy atom. The summed E-state index contributed by atoms with van der Waals surface area (Å²) in [5.41, 5.74) is 1.43. The smallest absolute Gasteiger partial charge is 0.0440 e. The lowest BCUT2D eigenvalue weighted by Crippen LogP contribution is -2.46. The zero-order valence-corrected chi connectivity index (χ0v) is 16.1. The number of alkyl halides is 1. The van der Waals surface area contributed by atoms with Crippen molar-refractivity contribution in [1.29, 1.82) is 0 Å². The van der Waals surface area contributed by atoms with Crippen LogP contribution in [0.1, 0.15) is 42.5 Å². The Kier molecular flexibility index (Phi) is 3.84. The summed E-state index contributed by atoms with van der Waals surface area (Å²) < 4.78 is 2.43. The molecule has 1 atom stereocenters. The van der Waals surface area contributed by atoms with Gasteiger partial charge in [0.05, 0.1) is 0 Å². The molecule has 1 aromatic rings. The molecule has 4 fully saturated rings. The van der Waals surface area contributed by atoms with Crippen molar-refractivity contribution in [3.63, 3.8) is 0 Å². The van der Waals surface area contributed by atoms with Crippen molar-refractivity contribution in [3.05, 3.63) is 32.7 Å². The molecule has 3 heteroatoms. The zero-order valence-electron chi connectivity index (χ0n) is 11.4. The van der Waals surface area contributed by atoms with E-state index in [1.807, 2.05) is 0 Å². The van der Waals surface area contributed by atoms with Gasteiger partial charge in [-0.1, -0.05) is 47.8 Å². The van der Waals surface area contributed by atoms with E-state index in [0.29, 0.717) is 4.83 Å². The third kappa shape index (κ3) is 2.36. The van der Waals surface area contributed by atoms with Crippen molar-refractivity contribution in [1.82, 2.24) is 0 Å². The highest BCUT2D eigenvalue weighted by molar-refractivity contribution is 9.11. The van der Waals surface area contributed by atoms with Crippen molar-refractivity contribution in [2.24, 2.45) is 29.6 Å². The molecule has 108 valence electrons. The van der Waals surface area contributed by atoms with Crippen molar-refractivity contribution in [2.75, 3.05) is 0 Å².